The summed E-state index contributed by atoms with van der Waals surface area (Å²) in [5, 5.41) is 0.816. The van der Waals surface area contributed by atoms with Crippen molar-refractivity contribution in [2.45, 2.75) is 37.6 Å². The van der Waals surface area contributed by atoms with Crippen molar-refractivity contribution in [3.63, 3.8) is 0 Å². The second-order valence-electron chi connectivity index (χ2n) is 4.59. The first-order valence-electron chi connectivity index (χ1n) is 5.28. The van der Waals surface area contributed by atoms with Crippen LogP contribution in [0.25, 0.3) is 0 Å². The molecule has 1 fully saturated rings. The summed E-state index contributed by atoms with van der Waals surface area (Å²) in [7, 11) is 0. The number of hydrogen-bond acceptors (Lipinski definition) is 3. The van der Waals surface area contributed by atoms with E-state index in [1.807, 2.05) is 12.4 Å². The van der Waals surface area contributed by atoms with E-state index < -0.39 is 0 Å². The van der Waals surface area contributed by atoms with E-state index in [0.717, 1.165) is 23.4 Å². The van der Waals surface area contributed by atoms with Crippen LogP contribution in [0.4, 0.5) is 5.95 Å². The molecule has 0 aromatic carbocycles. The van der Waals surface area contributed by atoms with Crippen LogP contribution in [0.15, 0.2) is 12.4 Å². The molecule has 1 aliphatic rings. The number of rotatable bonds is 2. The lowest BCUT2D eigenvalue weighted by molar-refractivity contribution is 0.510. The highest BCUT2D eigenvalue weighted by Crippen LogP contribution is 2.31. The van der Waals surface area contributed by atoms with Gasteiger partial charge in [0, 0.05) is 29.8 Å². The van der Waals surface area contributed by atoms with Crippen LogP contribution in [0.3, 0.4) is 0 Å². The molecule has 1 aliphatic heterocycles. The van der Waals surface area contributed by atoms with Crippen LogP contribution >= 0.6 is 15.9 Å². The molecule has 0 unspecified atom stereocenters. The molecule has 3 nitrogen and oxygen atoms in total. The van der Waals surface area contributed by atoms with Gasteiger partial charge in [-0.3, -0.25) is 0 Å². The first-order chi connectivity index (χ1) is 7.13. The quantitative estimate of drug-likeness (QED) is 0.774. The van der Waals surface area contributed by atoms with E-state index in [0.29, 0.717) is 0 Å². The number of halogens is 1. The third kappa shape index (κ3) is 2.14. The summed E-state index contributed by atoms with van der Waals surface area (Å²) in [6.07, 6.45) is 6.24. The molecule has 0 aliphatic carbocycles. The molecule has 0 radical (unpaired) electrons. The SMILES string of the molecule is CC1(C)CCCN1c1ncc(CBr)cn1. The van der Waals surface area contributed by atoms with Gasteiger partial charge in [-0.1, -0.05) is 15.9 Å². The molecule has 82 valence electrons. The predicted octanol–water partition coefficient (Wildman–Crippen LogP) is 2.75. The average Bonchev–Trinajstić information content (AvgIpc) is 2.58. The smallest absolute Gasteiger partial charge is 0.225 e. The Labute approximate surface area is 99.0 Å². The topological polar surface area (TPSA) is 29.0 Å². The van der Waals surface area contributed by atoms with Crippen LogP contribution in [-0.2, 0) is 5.33 Å². The molecule has 0 N–H and O–H groups in total. The molecule has 4 heteroatoms. The number of nitrogens with zero attached hydrogens (tertiary/aromatic N) is 3. The van der Waals surface area contributed by atoms with Gasteiger partial charge in [0.15, 0.2) is 0 Å². The summed E-state index contributed by atoms with van der Waals surface area (Å²) in [5.41, 5.74) is 1.33. The largest absolute Gasteiger partial charge is 0.336 e. The minimum atomic E-state index is 0.204. The van der Waals surface area contributed by atoms with Crippen LogP contribution < -0.4 is 4.90 Å². The number of aromatic nitrogens is 2. The Balaban J connectivity index is 2.22. The minimum absolute atomic E-state index is 0.204. The van der Waals surface area contributed by atoms with Gasteiger partial charge in [0.25, 0.3) is 0 Å². The second-order valence-corrected chi connectivity index (χ2v) is 5.15. The number of hydrogen-bond donors (Lipinski definition) is 0. The Hall–Kier alpha value is -0.640. The van der Waals surface area contributed by atoms with Crippen molar-refractivity contribution in [3.8, 4) is 0 Å². The zero-order chi connectivity index (χ0) is 10.9. The zero-order valence-corrected chi connectivity index (χ0v) is 10.8. The standard InChI is InChI=1S/C11H16BrN3/c1-11(2)4-3-5-15(11)10-13-7-9(6-12)8-14-10/h7-8H,3-6H2,1-2H3. The monoisotopic (exact) mass is 269 g/mol. The average molecular weight is 270 g/mol. The van der Waals surface area contributed by atoms with Crippen LogP contribution in [0.2, 0.25) is 0 Å². The molecule has 0 saturated carbocycles. The van der Waals surface area contributed by atoms with E-state index in [-0.39, 0.29) is 5.54 Å². The van der Waals surface area contributed by atoms with E-state index in [9.17, 15) is 0 Å². The summed E-state index contributed by atoms with van der Waals surface area (Å²) < 4.78 is 0. The van der Waals surface area contributed by atoms with Crippen molar-refractivity contribution >= 4 is 21.9 Å². The van der Waals surface area contributed by atoms with Crippen molar-refractivity contribution in [1.82, 2.24) is 9.97 Å². The molecule has 1 aromatic heterocycles. The molecule has 2 heterocycles. The first kappa shape index (κ1) is 10.9. The van der Waals surface area contributed by atoms with Crippen molar-refractivity contribution < 1.29 is 0 Å². The highest BCUT2D eigenvalue weighted by molar-refractivity contribution is 9.08. The fourth-order valence-corrected chi connectivity index (χ4v) is 2.32. The van der Waals surface area contributed by atoms with E-state index in [1.54, 1.807) is 0 Å². The third-order valence-corrected chi connectivity index (χ3v) is 3.64. The maximum Gasteiger partial charge on any atom is 0.225 e. The zero-order valence-electron chi connectivity index (χ0n) is 9.20. The van der Waals surface area contributed by atoms with Gasteiger partial charge >= 0.3 is 0 Å². The van der Waals surface area contributed by atoms with Gasteiger partial charge in [-0.05, 0) is 32.3 Å². The molecule has 2 rings (SSSR count). The summed E-state index contributed by atoms with van der Waals surface area (Å²) in [4.78, 5) is 11.1. The molecule has 15 heavy (non-hydrogen) atoms. The van der Waals surface area contributed by atoms with Gasteiger partial charge in [0.2, 0.25) is 5.95 Å². The normalized spacial score (nSPS) is 19.5. The van der Waals surface area contributed by atoms with E-state index in [2.05, 4.69) is 44.6 Å². The van der Waals surface area contributed by atoms with Crippen LogP contribution in [-0.4, -0.2) is 22.1 Å². The summed E-state index contributed by atoms with van der Waals surface area (Å²) in [6.45, 7) is 5.57. The highest BCUT2D eigenvalue weighted by Gasteiger charge is 2.33. The lowest BCUT2D eigenvalue weighted by Gasteiger charge is -2.31. The van der Waals surface area contributed by atoms with E-state index >= 15 is 0 Å². The lowest BCUT2D eigenvalue weighted by atomic mass is 10.0. The molecule has 0 atom stereocenters. The van der Waals surface area contributed by atoms with Crippen molar-refractivity contribution in [3.05, 3.63) is 18.0 Å². The molecule has 1 saturated heterocycles. The minimum Gasteiger partial charge on any atom is -0.336 e. The highest BCUT2D eigenvalue weighted by atomic mass is 79.9. The van der Waals surface area contributed by atoms with Gasteiger partial charge in [-0.25, -0.2) is 9.97 Å². The van der Waals surface area contributed by atoms with E-state index in [4.69, 9.17) is 0 Å². The molecule has 0 spiro atoms. The lowest BCUT2D eigenvalue weighted by Crippen LogP contribution is -2.39. The summed E-state index contributed by atoms with van der Waals surface area (Å²) in [5.74, 6) is 0.863. The van der Waals surface area contributed by atoms with Crippen LogP contribution in [0, 0.1) is 0 Å². The maximum atomic E-state index is 4.41. The Morgan fingerprint density at radius 2 is 2.07 bits per heavy atom. The van der Waals surface area contributed by atoms with Crippen molar-refractivity contribution in [2.75, 3.05) is 11.4 Å². The molecule has 1 aromatic rings. The van der Waals surface area contributed by atoms with Gasteiger partial charge in [-0.15, -0.1) is 0 Å². The fraction of sp³-hybridized carbons (Fsp3) is 0.636. The Morgan fingerprint density at radius 3 is 2.53 bits per heavy atom. The molecular formula is C11H16BrN3. The molecule has 0 amide bonds. The van der Waals surface area contributed by atoms with E-state index in [1.165, 1.54) is 12.8 Å². The second kappa shape index (κ2) is 4.08. The third-order valence-electron chi connectivity index (χ3n) is 2.99. The summed E-state index contributed by atoms with van der Waals surface area (Å²) in [6, 6.07) is 0. The van der Waals surface area contributed by atoms with Crippen LogP contribution in [0.1, 0.15) is 32.3 Å². The molecule has 0 bridgehead atoms. The molecular weight excluding hydrogens is 254 g/mol. The number of alkyl halides is 1. The van der Waals surface area contributed by atoms with Crippen molar-refractivity contribution in [2.24, 2.45) is 0 Å². The first-order valence-corrected chi connectivity index (χ1v) is 6.40. The van der Waals surface area contributed by atoms with Gasteiger partial charge in [0.05, 0.1) is 0 Å². The predicted molar refractivity (Wildman–Crippen MR) is 65.3 cm³/mol. The fourth-order valence-electron chi connectivity index (χ4n) is 2.03. The van der Waals surface area contributed by atoms with Gasteiger partial charge < -0.3 is 4.90 Å². The number of anilines is 1. The Kier molecular flexibility index (Phi) is 2.96. The van der Waals surface area contributed by atoms with Crippen LogP contribution in [0.5, 0.6) is 0 Å². The van der Waals surface area contributed by atoms with Gasteiger partial charge in [-0.2, -0.15) is 0 Å². The Bertz CT molecular complexity index is 334. The summed E-state index contributed by atoms with van der Waals surface area (Å²) >= 11 is 3.39. The Morgan fingerprint density at radius 1 is 1.40 bits per heavy atom. The van der Waals surface area contributed by atoms with Gasteiger partial charge in [0.1, 0.15) is 0 Å². The maximum absolute atomic E-state index is 4.41. The van der Waals surface area contributed by atoms with Crippen molar-refractivity contribution in [1.29, 1.82) is 0 Å².